The van der Waals surface area contributed by atoms with Crippen LogP contribution in [0.4, 0.5) is 0 Å². The SMILES string of the molecule is [Cl-].[Cl-].[Cl-].[Cl-].[Ti+4].[Ti+4]. The van der Waals surface area contributed by atoms with E-state index in [1.807, 2.05) is 0 Å². The van der Waals surface area contributed by atoms with E-state index in [2.05, 4.69) is 0 Å². The van der Waals surface area contributed by atoms with Crippen molar-refractivity contribution < 1.29 is 93.1 Å². The molecule has 0 aromatic heterocycles. The van der Waals surface area contributed by atoms with Gasteiger partial charge in [0.25, 0.3) is 0 Å². The molecule has 0 fully saturated rings. The smallest absolute Gasteiger partial charge is 1.00 e. The molecule has 0 radical (unpaired) electrons. The van der Waals surface area contributed by atoms with Crippen LogP contribution >= 0.6 is 0 Å². The minimum atomic E-state index is 0. The Morgan fingerprint density at radius 3 is 0.333 bits per heavy atom. The monoisotopic (exact) mass is 236 g/mol. The van der Waals surface area contributed by atoms with Crippen molar-refractivity contribution in [1.29, 1.82) is 0 Å². The zero-order valence-corrected chi connectivity index (χ0v) is 8.66. The zero-order chi connectivity index (χ0) is 0. The first-order chi connectivity index (χ1) is 0. The fourth-order valence-electron chi connectivity index (χ4n) is 0. The Hall–Kier alpha value is 2.59. The first-order valence-corrected chi connectivity index (χ1v) is 0. The van der Waals surface area contributed by atoms with Gasteiger partial charge < -0.3 is 49.6 Å². The van der Waals surface area contributed by atoms with Crippen LogP contribution in [0.15, 0.2) is 0 Å². The molecule has 0 aliphatic carbocycles. The second-order valence-electron chi connectivity index (χ2n) is 0. The predicted octanol–water partition coefficient (Wildman–Crippen LogP) is -12.0. The average Bonchev–Trinajstić information content (AvgIpc) is 0. The summed E-state index contributed by atoms with van der Waals surface area (Å²) in [5.41, 5.74) is 0. The summed E-state index contributed by atoms with van der Waals surface area (Å²) in [4.78, 5) is 0. The topological polar surface area (TPSA) is 0 Å². The Bertz CT molecular complexity index is 5.51. The van der Waals surface area contributed by atoms with Crippen molar-refractivity contribution in [3.63, 3.8) is 0 Å². The van der Waals surface area contributed by atoms with Crippen LogP contribution in [0.25, 0.3) is 0 Å². The van der Waals surface area contributed by atoms with E-state index < -0.39 is 0 Å². The summed E-state index contributed by atoms with van der Waals surface area (Å²) in [7, 11) is 0. The molecule has 0 nitrogen and oxygen atoms in total. The molecule has 0 heterocycles. The summed E-state index contributed by atoms with van der Waals surface area (Å²) in [6, 6.07) is 0. The maximum atomic E-state index is 0. The summed E-state index contributed by atoms with van der Waals surface area (Å²) < 4.78 is 0. The van der Waals surface area contributed by atoms with Crippen molar-refractivity contribution in [1.82, 2.24) is 0 Å². The van der Waals surface area contributed by atoms with Gasteiger partial charge in [-0.25, -0.2) is 0 Å². The van der Waals surface area contributed by atoms with Gasteiger partial charge in [0.2, 0.25) is 0 Å². The summed E-state index contributed by atoms with van der Waals surface area (Å²) in [5, 5.41) is 0. The summed E-state index contributed by atoms with van der Waals surface area (Å²) in [6.45, 7) is 0. The Morgan fingerprint density at radius 1 is 0.333 bits per heavy atom. The molecule has 0 aromatic carbocycles. The average molecular weight is 238 g/mol. The van der Waals surface area contributed by atoms with Crippen LogP contribution in [0.2, 0.25) is 0 Å². The summed E-state index contributed by atoms with van der Waals surface area (Å²) >= 11 is 0. The van der Waals surface area contributed by atoms with Crippen LogP contribution in [-0.4, -0.2) is 0 Å². The number of hydrogen-bond acceptors (Lipinski definition) is 0. The van der Waals surface area contributed by atoms with Crippen molar-refractivity contribution in [2.24, 2.45) is 0 Å². The van der Waals surface area contributed by atoms with Gasteiger partial charge in [-0.1, -0.05) is 0 Å². The van der Waals surface area contributed by atoms with Crippen LogP contribution in [0.3, 0.4) is 0 Å². The molecule has 0 rings (SSSR count). The third kappa shape index (κ3) is 30.7. The van der Waals surface area contributed by atoms with Gasteiger partial charge in [0.05, 0.1) is 0 Å². The van der Waals surface area contributed by atoms with Gasteiger partial charge in [0, 0.05) is 0 Å². The molecule has 0 spiro atoms. The Labute approximate surface area is 92.0 Å². The molecule has 0 atom stereocenters. The largest absolute Gasteiger partial charge is 4.00 e. The fourth-order valence-corrected chi connectivity index (χ4v) is 0. The van der Waals surface area contributed by atoms with Gasteiger partial charge in [-0.3, -0.25) is 0 Å². The molecule has 0 aliphatic heterocycles. The van der Waals surface area contributed by atoms with Crippen LogP contribution in [0, 0.1) is 0 Å². The first-order valence-electron chi connectivity index (χ1n) is 0. The van der Waals surface area contributed by atoms with Crippen molar-refractivity contribution >= 4 is 0 Å². The van der Waals surface area contributed by atoms with E-state index >= 15 is 0 Å². The molecule has 6 heteroatoms. The number of rotatable bonds is 0. The molecule has 6 heavy (non-hydrogen) atoms. The summed E-state index contributed by atoms with van der Waals surface area (Å²) in [6.07, 6.45) is 0. The van der Waals surface area contributed by atoms with Gasteiger partial charge in [-0.15, -0.1) is 0 Å². The molecule has 32 valence electrons. The Morgan fingerprint density at radius 2 is 0.333 bits per heavy atom. The minimum Gasteiger partial charge on any atom is -1.00 e. The zero-order valence-electron chi connectivity index (χ0n) is 2.51. The molecule has 0 bridgehead atoms. The normalized spacial score (nSPS) is 0. The molecule has 0 saturated carbocycles. The number of halogens is 4. The fraction of sp³-hybridized carbons (Fsp3) is 0. The van der Waals surface area contributed by atoms with E-state index in [-0.39, 0.29) is 93.1 Å². The van der Waals surface area contributed by atoms with Crippen molar-refractivity contribution in [2.75, 3.05) is 0 Å². The van der Waals surface area contributed by atoms with E-state index in [0.29, 0.717) is 0 Å². The molecule has 0 N–H and O–H groups in total. The van der Waals surface area contributed by atoms with E-state index in [1.54, 1.807) is 0 Å². The molecule has 0 saturated heterocycles. The van der Waals surface area contributed by atoms with Crippen LogP contribution < -0.4 is 49.6 Å². The van der Waals surface area contributed by atoms with Crippen molar-refractivity contribution in [3.05, 3.63) is 0 Å². The Kier molecular flexibility index (Phi) is 605. The minimum absolute atomic E-state index is 0. The molecule has 0 aliphatic rings. The van der Waals surface area contributed by atoms with E-state index in [9.17, 15) is 0 Å². The standard InChI is InChI=1S/4ClH.2Ti/h4*1H;;/q;;;;2*+4/p-4. The predicted molar refractivity (Wildman–Crippen MR) is 0 cm³/mol. The maximum Gasteiger partial charge on any atom is 4.00 e. The summed E-state index contributed by atoms with van der Waals surface area (Å²) in [5.74, 6) is 0. The number of hydrogen-bond donors (Lipinski definition) is 0. The molecular formula is Cl4Ti2+4. The first kappa shape index (κ1) is 73.8. The van der Waals surface area contributed by atoms with E-state index in [0.717, 1.165) is 0 Å². The van der Waals surface area contributed by atoms with Gasteiger partial charge in [-0.2, -0.15) is 0 Å². The third-order valence-electron chi connectivity index (χ3n) is 0. The second-order valence-corrected chi connectivity index (χ2v) is 0. The Balaban J connectivity index is 0. The van der Waals surface area contributed by atoms with Gasteiger partial charge >= 0.3 is 43.4 Å². The van der Waals surface area contributed by atoms with Crippen molar-refractivity contribution in [2.45, 2.75) is 0 Å². The van der Waals surface area contributed by atoms with Crippen LogP contribution in [-0.2, 0) is 43.4 Å². The van der Waals surface area contributed by atoms with Crippen LogP contribution in [0.1, 0.15) is 0 Å². The molecular weight excluding hydrogens is 238 g/mol. The molecule has 0 aromatic rings. The van der Waals surface area contributed by atoms with Gasteiger partial charge in [0.15, 0.2) is 0 Å². The quantitative estimate of drug-likeness (QED) is 0.367. The van der Waals surface area contributed by atoms with E-state index in [1.165, 1.54) is 0 Å². The molecule has 0 amide bonds. The second kappa shape index (κ2) is 49.2. The van der Waals surface area contributed by atoms with E-state index in [4.69, 9.17) is 0 Å². The third-order valence-corrected chi connectivity index (χ3v) is 0. The maximum absolute atomic E-state index is 0. The van der Waals surface area contributed by atoms with Gasteiger partial charge in [-0.05, 0) is 0 Å². The molecule has 0 unspecified atom stereocenters. The van der Waals surface area contributed by atoms with Crippen molar-refractivity contribution in [3.8, 4) is 0 Å². The van der Waals surface area contributed by atoms with Gasteiger partial charge in [0.1, 0.15) is 0 Å². The van der Waals surface area contributed by atoms with Crippen LogP contribution in [0.5, 0.6) is 0 Å².